The Kier molecular flexibility index (Phi) is 3.95. The highest BCUT2D eigenvalue weighted by Crippen LogP contribution is 2.34. The Labute approximate surface area is 134 Å². The summed E-state index contributed by atoms with van der Waals surface area (Å²) in [6, 6.07) is 7.87. The summed E-state index contributed by atoms with van der Waals surface area (Å²) in [6.45, 7) is 3.59. The number of halogens is 4. The first kappa shape index (κ1) is 16.3. The van der Waals surface area contributed by atoms with Crippen LogP contribution in [0.5, 0.6) is 11.6 Å². The topological polar surface area (TPSA) is 31.4 Å². The zero-order valence-corrected chi connectivity index (χ0v) is 12.8. The maximum absolute atomic E-state index is 13.6. The number of alkyl halides is 3. The number of aromatic nitrogens is 1. The minimum Gasteiger partial charge on any atom is -0.474 e. The predicted octanol–water partition coefficient (Wildman–Crippen LogP) is 5.21. The van der Waals surface area contributed by atoms with Crippen molar-refractivity contribution in [2.45, 2.75) is 26.3 Å². The van der Waals surface area contributed by atoms with Crippen LogP contribution in [0.2, 0.25) is 0 Å². The third kappa shape index (κ3) is 3.34. The van der Waals surface area contributed by atoms with Gasteiger partial charge in [0, 0.05) is 16.8 Å². The molecule has 0 amide bonds. The summed E-state index contributed by atoms with van der Waals surface area (Å²) < 4.78 is 60.3. The van der Waals surface area contributed by atoms with Crippen LogP contribution in [0, 0.1) is 5.82 Å². The smallest absolute Gasteiger partial charge is 0.474 e. The summed E-state index contributed by atoms with van der Waals surface area (Å²) in [6.07, 6.45) is -4.99. The lowest BCUT2D eigenvalue weighted by Crippen LogP contribution is -2.17. The average Bonchev–Trinajstić information content (AvgIpc) is 2.44. The van der Waals surface area contributed by atoms with Gasteiger partial charge in [-0.05, 0) is 49.6 Å². The molecule has 0 atom stereocenters. The van der Waals surface area contributed by atoms with E-state index in [1.54, 1.807) is 13.8 Å². The molecule has 0 radical (unpaired) electrons. The number of hydrogen-bond donors (Lipinski definition) is 0. The molecule has 3 aromatic rings. The van der Waals surface area contributed by atoms with Gasteiger partial charge < -0.3 is 9.47 Å². The molecule has 0 saturated heterocycles. The van der Waals surface area contributed by atoms with Crippen molar-refractivity contribution in [3.05, 3.63) is 42.2 Å². The standard InChI is InChI=1S/C17H13F4NO2/c1-9(2)23-16-13-5-3-10(18)7-14(13)12-6-4-11(8-15(12)22-16)24-17(19,20)21/h3-9H,1-2H3. The van der Waals surface area contributed by atoms with E-state index in [0.717, 1.165) is 6.07 Å². The molecule has 24 heavy (non-hydrogen) atoms. The molecule has 7 heteroatoms. The number of fused-ring (bicyclic) bond motifs is 3. The van der Waals surface area contributed by atoms with Gasteiger partial charge in [-0.25, -0.2) is 9.37 Å². The summed E-state index contributed by atoms with van der Waals surface area (Å²) in [5.41, 5.74) is 0.227. The molecule has 0 spiro atoms. The molecule has 3 rings (SSSR count). The maximum Gasteiger partial charge on any atom is 0.573 e. The van der Waals surface area contributed by atoms with Crippen LogP contribution in [-0.2, 0) is 0 Å². The maximum atomic E-state index is 13.6. The highest BCUT2D eigenvalue weighted by molar-refractivity contribution is 6.08. The first-order valence-corrected chi connectivity index (χ1v) is 7.18. The lowest BCUT2D eigenvalue weighted by atomic mass is 10.1. The molecule has 3 nitrogen and oxygen atoms in total. The second kappa shape index (κ2) is 5.81. The molecule has 0 N–H and O–H groups in total. The minimum absolute atomic E-state index is 0.196. The average molecular weight is 339 g/mol. The molecule has 0 unspecified atom stereocenters. The van der Waals surface area contributed by atoms with Gasteiger partial charge in [-0.1, -0.05) is 0 Å². The fraction of sp³-hybridized carbons (Fsp3) is 0.235. The van der Waals surface area contributed by atoms with Gasteiger partial charge >= 0.3 is 6.36 Å². The Bertz CT molecular complexity index is 906. The van der Waals surface area contributed by atoms with Crippen LogP contribution in [0.4, 0.5) is 17.6 Å². The first-order valence-electron chi connectivity index (χ1n) is 7.18. The van der Waals surface area contributed by atoms with E-state index in [0.29, 0.717) is 16.2 Å². The van der Waals surface area contributed by atoms with Crippen molar-refractivity contribution in [2.24, 2.45) is 0 Å². The third-order valence-corrected chi connectivity index (χ3v) is 3.27. The van der Waals surface area contributed by atoms with E-state index < -0.39 is 17.9 Å². The Morgan fingerprint density at radius 1 is 0.958 bits per heavy atom. The highest BCUT2D eigenvalue weighted by Gasteiger charge is 2.31. The third-order valence-electron chi connectivity index (χ3n) is 3.27. The predicted molar refractivity (Wildman–Crippen MR) is 81.7 cm³/mol. The van der Waals surface area contributed by atoms with Crippen molar-refractivity contribution < 1.29 is 27.0 Å². The quantitative estimate of drug-likeness (QED) is 0.485. The molecule has 0 aliphatic heterocycles. The summed E-state index contributed by atoms with van der Waals surface area (Å²) in [7, 11) is 0. The van der Waals surface area contributed by atoms with Crippen LogP contribution in [0.3, 0.4) is 0 Å². The lowest BCUT2D eigenvalue weighted by Gasteiger charge is -2.14. The van der Waals surface area contributed by atoms with Gasteiger partial charge in [0.05, 0.1) is 11.6 Å². The summed E-state index contributed by atoms with van der Waals surface area (Å²) >= 11 is 0. The monoisotopic (exact) mass is 339 g/mol. The Morgan fingerprint density at radius 3 is 2.33 bits per heavy atom. The van der Waals surface area contributed by atoms with Gasteiger partial charge in [0.1, 0.15) is 11.6 Å². The van der Waals surface area contributed by atoms with E-state index in [4.69, 9.17) is 4.74 Å². The SMILES string of the molecule is CC(C)Oc1nc2cc(OC(F)(F)F)ccc2c2cc(F)ccc12. The Hall–Kier alpha value is -2.57. The van der Waals surface area contributed by atoms with Gasteiger partial charge in [-0.3, -0.25) is 0 Å². The first-order chi connectivity index (χ1) is 11.2. The van der Waals surface area contributed by atoms with Crippen molar-refractivity contribution in [3.63, 3.8) is 0 Å². The van der Waals surface area contributed by atoms with Gasteiger partial charge in [0.2, 0.25) is 5.88 Å². The van der Waals surface area contributed by atoms with Gasteiger partial charge in [-0.2, -0.15) is 0 Å². The van der Waals surface area contributed by atoms with Gasteiger partial charge in [-0.15, -0.1) is 13.2 Å². The van der Waals surface area contributed by atoms with Gasteiger partial charge in [0.25, 0.3) is 0 Å². The molecule has 1 heterocycles. The molecular weight excluding hydrogens is 326 g/mol. The molecule has 0 aliphatic rings. The molecule has 2 aromatic carbocycles. The Balaban J connectivity index is 2.24. The summed E-state index contributed by atoms with van der Waals surface area (Å²) in [5.74, 6) is -0.619. The largest absolute Gasteiger partial charge is 0.573 e. The van der Waals surface area contributed by atoms with Crippen LogP contribution < -0.4 is 9.47 Å². The van der Waals surface area contributed by atoms with Crippen LogP contribution in [-0.4, -0.2) is 17.5 Å². The summed E-state index contributed by atoms with van der Waals surface area (Å²) in [4.78, 5) is 4.27. The number of ether oxygens (including phenoxy) is 2. The molecule has 0 fully saturated rings. The number of rotatable bonds is 3. The van der Waals surface area contributed by atoms with Crippen molar-refractivity contribution in [1.82, 2.24) is 4.98 Å². The van der Waals surface area contributed by atoms with E-state index in [-0.39, 0.29) is 17.5 Å². The molecular formula is C17H13F4NO2. The second-order valence-corrected chi connectivity index (χ2v) is 5.50. The van der Waals surface area contributed by atoms with Crippen LogP contribution in [0.1, 0.15) is 13.8 Å². The molecule has 0 bridgehead atoms. The fourth-order valence-electron chi connectivity index (χ4n) is 2.44. The fourth-order valence-corrected chi connectivity index (χ4v) is 2.44. The van der Waals surface area contributed by atoms with E-state index in [2.05, 4.69) is 9.72 Å². The normalized spacial score (nSPS) is 12.1. The zero-order valence-electron chi connectivity index (χ0n) is 12.8. The minimum atomic E-state index is -4.80. The molecule has 1 aromatic heterocycles. The van der Waals surface area contributed by atoms with Crippen molar-refractivity contribution in [3.8, 4) is 11.6 Å². The number of hydrogen-bond acceptors (Lipinski definition) is 3. The Morgan fingerprint density at radius 2 is 1.67 bits per heavy atom. The molecule has 0 saturated carbocycles. The lowest BCUT2D eigenvalue weighted by molar-refractivity contribution is -0.274. The summed E-state index contributed by atoms with van der Waals surface area (Å²) in [5, 5.41) is 1.60. The molecule has 126 valence electrons. The van der Waals surface area contributed by atoms with E-state index >= 15 is 0 Å². The van der Waals surface area contributed by atoms with Crippen molar-refractivity contribution in [2.75, 3.05) is 0 Å². The van der Waals surface area contributed by atoms with Crippen LogP contribution in [0.25, 0.3) is 21.7 Å². The van der Waals surface area contributed by atoms with E-state index in [1.807, 2.05) is 0 Å². The van der Waals surface area contributed by atoms with E-state index in [9.17, 15) is 17.6 Å². The van der Waals surface area contributed by atoms with Crippen molar-refractivity contribution in [1.29, 1.82) is 0 Å². The van der Waals surface area contributed by atoms with Crippen molar-refractivity contribution >= 4 is 21.7 Å². The highest BCUT2D eigenvalue weighted by atomic mass is 19.4. The number of benzene rings is 2. The van der Waals surface area contributed by atoms with Gasteiger partial charge in [0.15, 0.2) is 0 Å². The van der Waals surface area contributed by atoms with Crippen LogP contribution >= 0.6 is 0 Å². The number of pyridine rings is 1. The molecule has 0 aliphatic carbocycles. The van der Waals surface area contributed by atoms with Crippen LogP contribution in [0.15, 0.2) is 36.4 Å². The zero-order chi connectivity index (χ0) is 17.5. The van der Waals surface area contributed by atoms with E-state index in [1.165, 1.54) is 30.3 Å². The number of nitrogens with zero attached hydrogens (tertiary/aromatic N) is 1. The second-order valence-electron chi connectivity index (χ2n) is 5.50.